The van der Waals surface area contributed by atoms with Crippen molar-refractivity contribution in [3.05, 3.63) is 22.7 Å². The highest BCUT2D eigenvalue weighted by atomic mass is 35.5. The third-order valence-electron chi connectivity index (χ3n) is 5.03. The molecule has 1 aliphatic rings. The number of Topliss-reactive ketones (excluding diaryl/α,β-unsaturated/α-hetero) is 1. The molecule has 1 aromatic rings. The largest absolute Gasteiger partial charge is 0.496 e. The van der Waals surface area contributed by atoms with E-state index < -0.39 is 0 Å². The maximum Gasteiger partial charge on any atom is 0.137 e. The van der Waals surface area contributed by atoms with Crippen molar-refractivity contribution in [1.29, 1.82) is 0 Å². The molecule has 0 amide bonds. The van der Waals surface area contributed by atoms with Gasteiger partial charge in [-0.15, -0.1) is 12.4 Å². The molecule has 26 heavy (non-hydrogen) atoms. The molecule has 1 aromatic carbocycles. The highest BCUT2D eigenvalue weighted by Crippen LogP contribution is 2.30. The van der Waals surface area contributed by atoms with Crippen molar-refractivity contribution < 1.29 is 9.53 Å². The number of nitrogen functional groups attached to an aromatic ring is 1. The Hall–Kier alpha value is -0.970. The van der Waals surface area contributed by atoms with Crippen LogP contribution < -0.4 is 10.5 Å². The lowest BCUT2D eigenvalue weighted by Gasteiger charge is -2.32. The first-order valence-corrected chi connectivity index (χ1v) is 9.62. The van der Waals surface area contributed by atoms with Crippen molar-refractivity contribution in [2.24, 2.45) is 11.8 Å². The van der Waals surface area contributed by atoms with Crippen LogP contribution in [0.5, 0.6) is 5.75 Å². The van der Waals surface area contributed by atoms with E-state index in [0.29, 0.717) is 35.2 Å². The molecular formula is C20H32Cl2N2O2. The fraction of sp³-hybridized carbons (Fsp3) is 0.650. The van der Waals surface area contributed by atoms with Gasteiger partial charge in [0, 0.05) is 24.5 Å². The Kier molecular flexibility index (Phi) is 9.77. The molecule has 1 fully saturated rings. The second-order valence-electron chi connectivity index (χ2n) is 7.57. The average Bonchev–Trinajstić information content (AvgIpc) is 2.57. The van der Waals surface area contributed by atoms with Gasteiger partial charge >= 0.3 is 0 Å². The highest BCUT2D eigenvalue weighted by molar-refractivity contribution is 6.33. The molecule has 4 nitrogen and oxygen atoms in total. The number of hydrogen-bond acceptors (Lipinski definition) is 4. The number of anilines is 1. The number of nitrogens with two attached hydrogens (primary N) is 1. The number of nitrogens with zero attached hydrogens (tertiary/aromatic N) is 1. The Morgan fingerprint density at radius 1 is 1.35 bits per heavy atom. The predicted molar refractivity (Wildman–Crippen MR) is 112 cm³/mol. The number of benzene rings is 1. The van der Waals surface area contributed by atoms with Gasteiger partial charge in [0.05, 0.1) is 17.8 Å². The van der Waals surface area contributed by atoms with Crippen LogP contribution in [0.25, 0.3) is 0 Å². The lowest BCUT2D eigenvalue weighted by atomic mass is 9.89. The van der Waals surface area contributed by atoms with Crippen LogP contribution in [0.2, 0.25) is 5.02 Å². The molecule has 0 bridgehead atoms. The Balaban J connectivity index is 0.00000338. The molecule has 1 aliphatic heterocycles. The van der Waals surface area contributed by atoms with Crippen LogP contribution in [0.15, 0.2) is 12.1 Å². The van der Waals surface area contributed by atoms with E-state index in [-0.39, 0.29) is 18.2 Å². The number of rotatable bonds is 8. The van der Waals surface area contributed by atoms with Crippen molar-refractivity contribution in [2.45, 2.75) is 46.0 Å². The molecule has 0 aliphatic carbocycles. The number of likely N-dealkylation sites (tertiary alicyclic amines) is 1. The summed E-state index contributed by atoms with van der Waals surface area (Å²) in [5, 5.41) is 0.474. The fourth-order valence-electron chi connectivity index (χ4n) is 3.40. The van der Waals surface area contributed by atoms with Gasteiger partial charge in [-0.25, -0.2) is 0 Å². The van der Waals surface area contributed by atoms with Gasteiger partial charge in [0.2, 0.25) is 0 Å². The van der Waals surface area contributed by atoms with E-state index in [0.717, 1.165) is 37.4 Å². The van der Waals surface area contributed by atoms with E-state index in [1.54, 1.807) is 19.2 Å². The number of piperidine rings is 1. The van der Waals surface area contributed by atoms with E-state index in [2.05, 4.69) is 18.7 Å². The summed E-state index contributed by atoms with van der Waals surface area (Å²) in [6.45, 7) is 7.94. The van der Waals surface area contributed by atoms with E-state index in [4.69, 9.17) is 22.1 Å². The second-order valence-corrected chi connectivity index (χ2v) is 7.98. The van der Waals surface area contributed by atoms with Crippen LogP contribution in [-0.2, 0) is 11.2 Å². The minimum Gasteiger partial charge on any atom is -0.496 e. The lowest BCUT2D eigenvalue weighted by molar-refractivity contribution is -0.119. The second kappa shape index (κ2) is 11.0. The monoisotopic (exact) mass is 402 g/mol. The third kappa shape index (κ3) is 6.98. The Labute approximate surface area is 168 Å². The topological polar surface area (TPSA) is 55.6 Å². The number of carbonyl (C=O) groups is 1. The van der Waals surface area contributed by atoms with E-state index in [1.165, 1.54) is 13.0 Å². The number of methoxy groups -OCH3 is 1. The van der Waals surface area contributed by atoms with Crippen molar-refractivity contribution in [2.75, 3.05) is 32.5 Å². The van der Waals surface area contributed by atoms with Crippen LogP contribution in [0.1, 0.15) is 45.1 Å². The van der Waals surface area contributed by atoms with E-state index >= 15 is 0 Å². The molecule has 6 heteroatoms. The van der Waals surface area contributed by atoms with Gasteiger partial charge in [0.15, 0.2) is 0 Å². The summed E-state index contributed by atoms with van der Waals surface area (Å²) in [6.07, 6.45) is 4.48. The maximum absolute atomic E-state index is 12.5. The number of ketones is 1. The van der Waals surface area contributed by atoms with E-state index in [9.17, 15) is 4.79 Å². The van der Waals surface area contributed by atoms with Gasteiger partial charge in [0.1, 0.15) is 11.5 Å². The summed E-state index contributed by atoms with van der Waals surface area (Å²) < 4.78 is 5.33. The average molecular weight is 403 g/mol. The minimum atomic E-state index is 0. The normalized spacial score (nSPS) is 15.7. The minimum absolute atomic E-state index is 0. The molecule has 0 spiro atoms. The number of hydrogen-bond donors (Lipinski definition) is 1. The fourth-order valence-corrected chi connectivity index (χ4v) is 3.59. The maximum atomic E-state index is 12.5. The zero-order valence-electron chi connectivity index (χ0n) is 16.1. The van der Waals surface area contributed by atoms with Gasteiger partial charge in [-0.05, 0) is 56.8 Å². The predicted octanol–water partition coefficient (Wildman–Crippen LogP) is 4.61. The van der Waals surface area contributed by atoms with Crippen molar-refractivity contribution in [3.63, 3.8) is 0 Å². The van der Waals surface area contributed by atoms with Crippen LogP contribution >= 0.6 is 24.0 Å². The first kappa shape index (κ1) is 23.1. The number of ether oxygens (including phenoxy) is 1. The molecule has 2 rings (SSSR count). The highest BCUT2D eigenvalue weighted by Gasteiger charge is 2.22. The van der Waals surface area contributed by atoms with Crippen molar-refractivity contribution in [1.82, 2.24) is 4.90 Å². The zero-order valence-corrected chi connectivity index (χ0v) is 17.7. The van der Waals surface area contributed by atoms with Crippen LogP contribution in [0.4, 0.5) is 5.69 Å². The summed E-state index contributed by atoms with van der Waals surface area (Å²) in [5.41, 5.74) is 7.10. The van der Waals surface area contributed by atoms with Crippen LogP contribution in [-0.4, -0.2) is 37.4 Å². The Bertz CT molecular complexity index is 585. The van der Waals surface area contributed by atoms with Crippen LogP contribution in [0.3, 0.4) is 0 Å². The van der Waals surface area contributed by atoms with Gasteiger partial charge in [0.25, 0.3) is 0 Å². The smallest absolute Gasteiger partial charge is 0.137 e. The van der Waals surface area contributed by atoms with Crippen LogP contribution in [0, 0.1) is 11.8 Å². The SMILES string of the molecule is COc1cc(N)c(Cl)cc1CC(=O)CC1CCN(CCC(C)C)CC1.Cl. The lowest BCUT2D eigenvalue weighted by Crippen LogP contribution is -2.35. The van der Waals surface area contributed by atoms with Gasteiger partial charge in [-0.3, -0.25) is 4.79 Å². The molecule has 1 heterocycles. The third-order valence-corrected chi connectivity index (χ3v) is 5.36. The molecular weight excluding hydrogens is 371 g/mol. The summed E-state index contributed by atoms with van der Waals surface area (Å²) >= 11 is 6.09. The Morgan fingerprint density at radius 3 is 2.58 bits per heavy atom. The molecule has 0 aromatic heterocycles. The van der Waals surface area contributed by atoms with Gasteiger partial charge in [-0.1, -0.05) is 25.4 Å². The molecule has 0 unspecified atom stereocenters. The number of halogens is 2. The molecule has 2 N–H and O–H groups in total. The molecule has 0 atom stereocenters. The standard InChI is InChI=1S/C20H31ClN2O2.ClH/c1-14(2)4-7-23-8-5-15(6-9-23)10-17(24)11-16-12-18(21)19(22)13-20(16)25-3;/h12-15H,4-11,22H2,1-3H3;1H. The number of carbonyl (C=O) groups excluding carboxylic acids is 1. The summed E-state index contributed by atoms with van der Waals surface area (Å²) in [5.74, 6) is 2.14. The van der Waals surface area contributed by atoms with Gasteiger partial charge in [-0.2, -0.15) is 0 Å². The summed E-state index contributed by atoms with van der Waals surface area (Å²) in [7, 11) is 1.59. The first-order valence-electron chi connectivity index (χ1n) is 9.25. The summed E-state index contributed by atoms with van der Waals surface area (Å²) in [6, 6.07) is 3.44. The molecule has 1 saturated heterocycles. The zero-order chi connectivity index (χ0) is 18.4. The molecule has 0 saturated carbocycles. The van der Waals surface area contributed by atoms with Crippen molar-refractivity contribution in [3.8, 4) is 5.75 Å². The first-order chi connectivity index (χ1) is 11.9. The van der Waals surface area contributed by atoms with Crippen molar-refractivity contribution >= 4 is 35.5 Å². The molecule has 148 valence electrons. The summed E-state index contributed by atoms with van der Waals surface area (Å²) in [4.78, 5) is 15.0. The Morgan fingerprint density at radius 2 is 2.00 bits per heavy atom. The van der Waals surface area contributed by atoms with E-state index in [1.807, 2.05) is 0 Å². The van der Waals surface area contributed by atoms with Gasteiger partial charge < -0.3 is 15.4 Å². The quantitative estimate of drug-likeness (QED) is 0.644. The molecule has 0 radical (unpaired) electrons.